The minimum atomic E-state index is 0.306. The summed E-state index contributed by atoms with van der Waals surface area (Å²) in [6.07, 6.45) is 1.58. The van der Waals surface area contributed by atoms with Gasteiger partial charge in [0.1, 0.15) is 6.33 Å². The van der Waals surface area contributed by atoms with Crippen molar-refractivity contribution in [2.45, 2.75) is 13.5 Å². The molecule has 0 amide bonds. The highest BCUT2D eigenvalue weighted by Gasteiger charge is 2.05. The highest BCUT2D eigenvalue weighted by molar-refractivity contribution is 5.26. The first kappa shape index (κ1) is 11.5. The Morgan fingerprint density at radius 1 is 1.41 bits per heavy atom. The van der Waals surface area contributed by atoms with E-state index in [4.69, 9.17) is 4.74 Å². The molecule has 0 spiro atoms. The van der Waals surface area contributed by atoms with E-state index in [9.17, 15) is 0 Å². The smallest absolute Gasteiger partial charge is 0.342 e. The molecule has 2 aromatic rings. The van der Waals surface area contributed by atoms with Crippen molar-refractivity contribution in [3.8, 4) is 11.9 Å². The fourth-order valence-corrected chi connectivity index (χ4v) is 1.53. The Hall–Kier alpha value is -1.95. The van der Waals surface area contributed by atoms with Gasteiger partial charge in [-0.2, -0.15) is 4.98 Å². The fraction of sp³-hybridized carbons (Fsp3) is 0.364. The van der Waals surface area contributed by atoms with Crippen LogP contribution in [0.1, 0.15) is 11.3 Å². The number of ether oxygens (including phenoxy) is 1. The molecular formula is C11H15N5O. The molecular weight excluding hydrogens is 218 g/mol. The predicted octanol–water partition coefficient (Wildman–Crippen LogP) is 1.03. The Bertz CT molecular complexity index is 508. The molecule has 0 atom stereocenters. The van der Waals surface area contributed by atoms with Crippen molar-refractivity contribution in [3.63, 3.8) is 0 Å². The molecule has 0 aliphatic heterocycles. The third kappa shape index (κ3) is 3.01. The SMILES string of the molecule is CNCc1cc(C)nc(Oc2ncn(C)n2)c1. The summed E-state index contributed by atoms with van der Waals surface area (Å²) in [6, 6.07) is 4.19. The summed E-state index contributed by atoms with van der Waals surface area (Å²) in [7, 11) is 3.69. The molecule has 0 bridgehead atoms. The second-order valence-electron chi connectivity index (χ2n) is 3.79. The lowest BCUT2D eigenvalue weighted by Crippen LogP contribution is -2.06. The second-order valence-corrected chi connectivity index (χ2v) is 3.79. The van der Waals surface area contributed by atoms with Crippen LogP contribution in [0.25, 0.3) is 0 Å². The van der Waals surface area contributed by atoms with Gasteiger partial charge in [-0.05, 0) is 25.6 Å². The standard InChI is InChI=1S/C11H15N5O/c1-8-4-9(6-12-2)5-10(14-8)17-11-13-7-16(3)15-11/h4-5,7,12H,6H2,1-3H3. The van der Waals surface area contributed by atoms with Gasteiger partial charge in [0, 0.05) is 25.4 Å². The maximum atomic E-state index is 5.49. The van der Waals surface area contributed by atoms with E-state index < -0.39 is 0 Å². The zero-order valence-corrected chi connectivity index (χ0v) is 10.1. The Labute approximate surface area is 99.7 Å². The first-order chi connectivity index (χ1) is 8.17. The van der Waals surface area contributed by atoms with Crippen LogP contribution in [-0.2, 0) is 13.6 Å². The maximum absolute atomic E-state index is 5.49. The number of aryl methyl sites for hydroxylation is 2. The lowest BCUT2D eigenvalue weighted by molar-refractivity contribution is 0.421. The van der Waals surface area contributed by atoms with Gasteiger partial charge in [0.15, 0.2) is 0 Å². The molecule has 0 aliphatic rings. The molecule has 90 valence electrons. The van der Waals surface area contributed by atoms with Crippen LogP contribution in [0.4, 0.5) is 0 Å². The molecule has 6 heteroatoms. The van der Waals surface area contributed by atoms with E-state index in [1.807, 2.05) is 26.1 Å². The summed E-state index contributed by atoms with van der Waals surface area (Å²) >= 11 is 0. The van der Waals surface area contributed by atoms with Crippen LogP contribution in [-0.4, -0.2) is 26.8 Å². The number of hydrogen-bond donors (Lipinski definition) is 1. The summed E-state index contributed by atoms with van der Waals surface area (Å²) < 4.78 is 7.07. The minimum Gasteiger partial charge on any atom is -0.404 e. The number of rotatable bonds is 4. The van der Waals surface area contributed by atoms with E-state index in [-0.39, 0.29) is 0 Å². The third-order valence-corrected chi connectivity index (χ3v) is 2.15. The van der Waals surface area contributed by atoms with Crippen LogP contribution in [0.3, 0.4) is 0 Å². The average molecular weight is 233 g/mol. The van der Waals surface area contributed by atoms with Crippen molar-refractivity contribution in [2.24, 2.45) is 7.05 Å². The zero-order chi connectivity index (χ0) is 12.3. The van der Waals surface area contributed by atoms with Gasteiger partial charge in [-0.3, -0.25) is 4.68 Å². The van der Waals surface area contributed by atoms with Crippen molar-refractivity contribution in [1.82, 2.24) is 25.1 Å². The summed E-state index contributed by atoms with van der Waals surface area (Å²) in [5, 5.41) is 7.13. The number of pyridine rings is 1. The fourth-order valence-electron chi connectivity index (χ4n) is 1.53. The van der Waals surface area contributed by atoms with Crippen molar-refractivity contribution < 1.29 is 4.74 Å². The minimum absolute atomic E-state index is 0.306. The van der Waals surface area contributed by atoms with E-state index in [2.05, 4.69) is 20.4 Å². The van der Waals surface area contributed by atoms with Crippen LogP contribution in [0.5, 0.6) is 11.9 Å². The van der Waals surface area contributed by atoms with E-state index in [0.717, 1.165) is 17.8 Å². The lowest BCUT2D eigenvalue weighted by atomic mass is 10.2. The zero-order valence-electron chi connectivity index (χ0n) is 10.1. The molecule has 0 saturated carbocycles. The number of hydrogen-bond acceptors (Lipinski definition) is 5. The topological polar surface area (TPSA) is 64.9 Å². The monoisotopic (exact) mass is 233 g/mol. The normalized spacial score (nSPS) is 10.5. The molecule has 2 heterocycles. The van der Waals surface area contributed by atoms with Gasteiger partial charge in [-0.25, -0.2) is 4.98 Å². The molecule has 17 heavy (non-hydrogen) atoms. The molecule has 0 radical (unpaired) electrons. The lowest BCUT2D eigenvalue weighted by Gasteiger charge is -2.05. The first-order valence-electron chi connectivity index (χ1n) is 5.33. The van der Waals surface area contributed by atoms with Gasteiger partial charge in [0.2, 0.25) is 5.88 Å². The van der Waals surface area contributed by atoms with E-state index in [1.165, 1.54) is 0 Å². The second kappa shape index (κ2) is 4.92. The molecule has 0 saturated heterocycles. The average Bonchev–Trinajstić information content (AvgIpc) is 2.63. The van der Waals surface area contributed by atoms with Crippen molar-refractivity contribution in [3.05, 3.63) is 29.7 Å². The van der Waals surface area contributed by atoms with E-state index in [1.54, 1.807) is 18.1 Å². The van der Waals surface area contributed by atoms with Gasteiger partial charge in [0.25, 0.3) is 0 Å². The van der Waals surface area contributed by atoms with Gasteiger partial charge in [-0.15, -0.1) is 5.10 Å². The molecule has 2 aromatic heterocycles. The van der Waals surface area contributed by atoms with Crippen molar-refractivity contribution >= 4 is 0 Å². The predicted molar refractivity (Wildman–Crippen MR) is 62.8 cm³/mol. The molecule has 1 N–H and O–H groups in total. The molecule has 0 fully saturated rings. The van der Waals surface area contributed by atoms with Gasteiger partial charge < -0.3 is 10.1 Å². The summed E-state index contributed by atoms with van der Waals surface area (Å²) in [5.74, 6) is 0.515. The Morgan fingerprint density at radius 2 is 2.24 bits per heavy atom. The molecule has 0 aliphatic carbocycles. The largest absolute Gasteiger partial charge is 0.404 e. The Morgan fingerprint density at radius 3 is 2.88 bits per heavy atom. The highest BCUT2D eigenvalue weighted by atomic mass is 16.5. The third-order valence-electron chi connectivity index (χ3n) is 2.15. The van der Waals surface area contributed by atoms with E-state index >= 15 is 0 Å². The number of aromatic nitrogens is 4. The van der Waals surface area contributed by atoms with Crippen LogP contribution in [0, 0.1) is 6.92 Å². The van der Waals surface area contributed by atoms with E-state index in [0.29, 0.717) is 11.9 Å². The summed E-state index contributed by atoms with van der Waals surface area (Å²) in [5.41, 5.74) is 2.02. The Kier molecular flexibility index (Phi) is 3.34. The van der Waals surface area contributed by atoms with Crippen LogP contribution in [0.2, 0.25) is 0 Å². The molecule has 0 unspecified atom stereocenters. The van der Waals surface area contributed by atoms with Gasteiger partial charge in [0.05, 0.1) is 0 Å². The molecule has 6 nitrogen and oxygen atoms in total. The highest BCUT2D eigenvalue weighted by Crippen LogP contribution is 2.17. The summed E-state index contributed by atoms with van der Waals surface area (Å²) in [4.78, 5) is 8.27. The molecule has 0 aromatic carbocycles. The number of nitrogens with zero attached hydrogens (tertiary/aromatic N) is 4. The summed E-state index contributed by atoms with van der Waals surface area (Å²) in [6.45, 7) is 2.70. The van der Waals surface area contributed by atoms with Crippen LogP contribution in [0.15, 0.2) is 18.5 Å². The van der Waals surface area contributed by atoms with Gasteiger partial charge in [-0.1, -0.05) is 0 Å². The molecule has 2 rings (SSSR count). The maximum Gasteiger partial charge on any atom is 0.342 e. The van der Waals surface area contributed by atoms with Gasteiger partial charge >= 0.3 is 6.01 Å². The van der Waals surface area contributed by atoms with Crippen molar-refractivity contribution in [1.29, 1.82) is 0 Å². The Balaban J connectivity index is 2.20. The van der Waals surface area contributed by atoms with Crippen LogP contribution >= 0.6 is 0 Å². The van der Waals surface area contributed by atoms with Crippen molar-refractivity contribution in [2.75, 3.05) is 7.05 Å². The van der Waals surface area contributed by atoms with Crippen LogP contribution < -0.4 is 10.1 Å². The number of nitrogens with one attached hydrogen (secondary N) is 1. The quantitative estimate of drug-likeness (QED) is 0.854. The first-order valence-corrected chi connectivity index (χ1v) is 5.33.